The van der Waals surface area contributed by atoms with Crippen molar-refractivity contribution in [2.24, 2.45) is 0 Å². The van der Waals surface area contributed by atoms with Crippen molar-refractivity contribution in [2.45, 2.75) is 25.9 Å². The van der Waals surface area contributed by atoms with E-state index in [-0.39, 0.29) is 12.3 Å². The third kappa shape index (κ3) is 3.33. The van der Waals surface area contributed by atoms with E-state index in [1.165, 1.54) is 0 Å². The number of aliphatic hydroxyl groups is 1. The first-order valence-corrected chi connectivity index (χ1v) is 7.91. The van der Waals surface area contributed by atoms with Crippen molar-refractivity contribution >= 4 is 23.2 Å². The monoisotopic (exact) mass is 331 g/mol. The minimum Gasteiger partial charge on any atom is -0.491 e. The molecule has 0 saturated carbocycles. The van der Waals surface area contributed by atoms with Gasteiger partial charge in [-0.1, -0.05) is 41.9 Å². The lowest BCUT2D eigenvalue weighted by molar-refractivity contribution is -0.115. The molecule has 0 spiro atoms. The summed E-state index contributed by atoms with van der Waals surface area (Å²) in [7, 11) is 0. The van der Waals surface area contributed by atoms with Gasteiger partial charge in [0.05, 0.1) is 24.8 Å². The lowest BCUT2D eigenvalue weighted by Gasteiger charge is -2.24. The van der Waals surface area contributed by atoms with Crippen molar-refractivity contribution in [1.82, 2.24) is 0 Å². The predicted octanol–water partition coefficient (Wildman–Crippen LogP) is 3.65. The Morgan fingerprint density at radius 2 is 2.13 bits per heavy atom. The first-order valence-electron chi connectivity index (χ1n) is 7.54. The van der Waals surface area contributed by atoms with E-state index in [0.29, 0.717) is 35.1 Å². The fourth-order valence-corrected chi connectivity index (χ4v) is 2.91. The number of anilines is 1. The van der Waals surface area contributed by atoms with Crippen LogP contribution in [0, 0.1) is 6.92 Å². The van der Waals surface area contributed by atoms with Crippen LogP contribution in [-0.2, 0) is 11.2 Å². The highest BCUT2D eigenvalue weighted by Crippen LogP contribution is 2.37. The normalized spacial score (nSPS) is 16.4. The molecular formula is C18H18ClNO3. The van der Waals surface area contributed by atoms with Gasteiger partial charge in [0.1, 0.15) is 5.75 Å². The standard InChI is InChI=1S/C18H18ClNO3/c1-11-4-2-5-12(17(11)19)10-16(22)20-14-7-3-6-13-15(21)8-9-23-18(13)14/h2-7,15,21H,8-10H2,1H3,(H,20,22)/t15-/m0/s1. The van der Waals surface area contributed by atoms with E-state index in [2.05, 4.69) is 5.32 Å². The number of aryl methyl sites for hydroxylation is 1. The first-order chi connectivity index (χ1) is 11.1. The fourth-order valence-electron chi connectivity index (χ4n) is 2.72. The lowest BCUT2D eigenvalue weighted by atomic mass is 10.0. The zero-order valence-corrected chi connectivity index (χ0v) is 13.6. The van der Waals surface area contributed by atoms with E-state index in [9.17, 15) is 9.90 Å². The molecule has 1 aliphatic rings. The Morgan fingerprint density at radius 1 is 1.35 bits per heavy atom. The smallest absolute Gasteiger partial charge is 0.228 e. The fraction of sp³-hybridized carbons (Fsp3) is 0.278. The predicted molar refractivity (Wildman–Crippen MR) is 90.0 cm³/mol. The van der Waals surface area contributed by atoms with Crippen LogP contribution in [0.4, 0.5) is 5.69 Å². The molecule has 0 fully saturated rings. The van der Waals surface area contributed by atoms with Gasteiger partial charge in [-0.05, 0) is 24.1 Å². The number of amides is 1. The summed E-state index contributed by atoms with van der Waals surface area (Å²) in [6.45, 7) is 2.34. The number of para-hydroxylation sites is 1. The number of halogens is 1. The van der Waals surface area contributed by atoms with Gasteiger partial charge >= 0.3 is 0 Å². The van der Waals surface area contributed by atoms with Crippen LogP contribution < -0.4 is 10.1 Å². The van der Waals surface area contributed by atoms with Crippen LogP contribution in [0.5, 0.6) is 5.75 Å². The molecule has 1 amide bonds. The molecule has 2 aromatic carbocycles. The molecule has 2 N–H and O–H groups in total. The summed E-state index contributed by atoms with van der Waals surface area (Å²) in [6.07, 6.45) is 0.192. The first kappa shape index (κ1) is 15.8. The highest BCUT2D eigenvalue weighted by atomic mass is 35.5. The molecule has 5 heteroatoms. The van der Waals surface area contributed by atoms with Gasteiger partial charge in [-0.3, -0.25) is 4.79 Å². The number of benzene rings is 2. The molecule has 2 aromatic rings. The molecule has 4 nitrogen and oxygen atoms in total. The second-order valence-electron chi connectivity index (χ2n) is 5.65. The number of hydrogen-bond acceptors (Lipinski definition) is 3. The number of carbonyl (C=O) groups excluding carboxylic acids is 1. The van der Waals surface area contributed by atoms with Crippen molar-refractivity contribution in [3.8, 4) is 5.75 Å². The molecule has 1 aliphatic heterocycles. The Kier molecular flexibility index (Phi) is 4.55. The van der Waals surface area contributed by atoms with Crippen molar-refractivity contribution < 1.29 is 14.6 Å². The highest BCUT2D eigenvalue weighted by Gasteiger charge is 2.22. The number of rotatable bonds is 3. The Labute approximate surface area is 140 Å². The number of fused-ring (bicyclic) bond motifs is 1. The van der Waals surface area contributed by atoms with Crippen LogP contribution in [0.1, 0.15) is 29.2 Å². The summed E-state index contributed by atoms with van der Waals surface area (Å²) in [5.74, 6) is 0.379. The molecule has 3 rings (SSSR count). The summed E-state index contributed by atoms with van der Waals surface area (Å²) in [6, 6.07) is 11.0. The Balaban J connectivity index is 1.79. The molecule has 0 bridgehead atoms. The van der Waals surface area contributed by atoms with Crippen molar-refractivity contribution in [3.63, 3.8) is 0 Å². The lowest BCUT2D eigenvalue weighted by Crippen LogP contribution is -2.19. The van der Waals surface area contributed by atoms with E-state index in [0.717, 1.165) is 11.1 Å². The van der Waals surface area contributed by atoms with Gasteiger partial charge in [0.2, 0.25) is 5.91 Å². The molecule has 0 radical (unpaired) electrons. The molecule has 1 atom stereocenters. The average Bonchev–Trinajstić information content (AvgIpc) is 2.53. The summed E-state index contributed by atoms with van der Waals surface area (Å²) in [5, 5.41) is 13.5. The van der Waals surface area contributed by atoms with Gasteiger partial charge in [-0.2, -0.15) is 0 Å². The second-order valence-corrected chi connectivity index (χ2v) is 6.03. The number of aliphatic hydroxyl groups excluding tert-OH is 1. The van der Waals surface area contributed by atoms with E-state index < -0.39 is 6.10 Å². The maximum Gasteiger partial charge on any atom is 0.228 e. The van der Waals surface area contributed by atoms with Crippen LogP contribution in [0.15, 0.2) is 36.4 Å². The van der Waals surface area contributed by atoms with Crippen LogP contribution in [0.25, 0.3) is 0 Å². The van der Waals surface area contributed by atoms with E-state index in [1.807, 2.05) is 31.2 Å². The van der Waals surface area contributed by atoms with Gasteiger partial charge in [0, 0.05) is 17.0 Å². The van der Waals surface area contributed by atoms with Crippen molar-refractivity contribution in [2.75, 3.05) is 11.9 Å². The van der Waals surface area contributed by atoms with Gasteiger partial charge in [0.15, 0.2) is 0 Å². The quantitative estimate of drug-likeness (QED) is 0.902. The Bertz CT molecular complexity index is 745. The number of nitrogens with one attached hydrogen (secondary N) is 1. The van der Waals surface area contributed by atoms with E-state index in [1.54, 1.807) is 12.1 Å². The number of hydrogen-bond donors (Lipinski definition) is 2. The third-order valence-corrected chi connectivity index (χ3v) is 4.48. The van der Waals surface area contributed by atoms with Crippen LogP contribution in [0.2, 0.25) is 5.02 Å². The summed E-state index contributed by atoms with van der Waals surface area (Å²) < 4.78 is 5.62. The Morgan fingerprint density at radius 3 is 2.96 bits per heavy atom. The molecular weight excluding hydrogens is 314 g/mol. The molecule has 120 valence electrons. The molecule has 0 aromatic heterocycles. The minimum absolute atomic E-state index is 0.172. The van der Waals surface area contributed by atoms with Crippen LogP contribution in [0.3, 0.4) is 0 Å². The van der Waals surface area contributed by atoms with Crippen molar-refractivity contribution in [1.29, 1.82) is 0 Å². The zero-order chi connectivity index (χ0) is 16.4. The number of ether oxygens (including phenoxy) is 1. The van der Waals surface area contributed by atoms with Gasteiger partial charge in [-0.15, -0.1) is 0 Å². The topological polar surface area (TPSA) is 58.6 Å². The van der Waals surface area contributed by atoms with E-state index in [4.69, 9.17) is 16.3 Å². The maximum atomic E-state index is 12.3. The van der Waals surface area contributed by atoms with Crippen LogP contribution in [-0.4, -0.2) is 17.6 Å². The van der Waals surface area contributed by atoms with Crippen LogP contribution >= 0.6 is 11.6 Å². The third-order valence-electron chi connectivity index (χ3n) is 3.94. The van der Waals surface area contributed by atoms with Crippen molar-refractivity contribution in [3.05, 3.63) is 58.1 Å². The van der Waals surface area contributed by atoms with Gasteiger partial charge in [-0.25, -0.2) is 0 Å². The van der Waals surface area contributed by atoms with Gasteiger partial charge in [0.25, 0.3) is 0 Å². The molecule has 0 unspecified atom stereocenters. The SMILES string of the molecule is Cc1cccc(CC(=O)Nc2cccc3c2OCC[C@@H]3O)c1Cl. The molecule has 1 heterocycles. The molecule has 0 aliphatic carbocycles. The van der Waals surface area contributed by atoms with Gasteiger partial charge < -0.3 is 15.2 Å². The summed E-state index contributed by atoms with van der Waals surface area (Å²) in [5.41, 5.74) is 3.02. The average molecular weight is 332 g/mol. The largest absolute Gasteiger partial charge is 0.491 e. The highest BCUT2D eigenvalue weighted by molar-refractivity contribution is 6.32. The number of carbonyl (C=O) groups is 1. The summed E-state index contributed by atoms with van der Waals surface area (Å²) >= 11 is 6.24. The molecule has 0 saturated heterocycles. The Hall–Kier alpha value is -2.04. The minimum atomic E-state index is -0.554. The molecule has 23 heavy (non-hydrogen) atoms. The second kappa shape index (κ2) is 6.60. The van der Waals surface area contributed by atoms with E-state index >= 15 is 0 Å². The summed E-state index contributed by atoms with van der Waals surface area (Å²) in [4.78, 5) is 12.3. The maximum absolute atomic E-state index is 12.3. The zero-order valence-electron chi connectivity index (χ0n) is 12.8.